The molecule has 0 aromatic heterocycles. The summed E-state index contributed by atoms with van der Waals surface area (Å²) in [4.78, 5) is 10.8. The predicted octanol–water partition coefficient (Wildman–Crippen LogP) is 0.368. The van der Waals surface area contributed by atoms with Crippen LogP contribution in [0.5, 0.6) is 0 Å². The third kappa shape index (κ3) is 2.01. The molecule has 0 bridgehead atoms. The molecule has 0 radical (unpaired) electrons. The smallest absolute Gasteiger partial charge is 0.149 e. The van der Waals surface area contributed by atoms with Gasteiger partial charge in [-0.2, -0.15) is 0 Å². The van der Waals surface area contributed by atoms with Crippen LogP contribution >= 0.6 is 0 Å². The van der Waals surface area contributed by atoms with E-state index in [2.05, 4.69) is 0 Å². The predicted molar refractivity (Wildman–Crippen MR) is 46.4 cm³/mol. The van der Waals surface area contributed by atoms with Gasteiger partial charge in [-0.15, -0.1) is 0 Å². The van der Waals surface area contributed by atoms with Gasteiger partial charge >= 0.3 is 0 Å². The SMILES string of the molecule is CC(=O)C(N)C(C)(F)C(C)(C)N. The zero-order chi connectivity index (χ0) is 10.2. The summed E-state index contributed by atoms with van der Waals surface area (Å²) in [5.74, 6) is -0.390. The molecule has 0 rings (SSSR count). The van der Waals surface area contributed by atoms with Crippen LogP contribution in [0.25, 0.3) is 0 Å². The summed E-state index contributed by atoms with van der Waals surface area (Å²) in [5, 5.41) is 0. The van der Waals surface area contributed by atoms with Crippen molar-refractivity contribution in [2.24, 2.45) is 11.5 Å². The van der Waals surface area contributed by atoms with Crippen molar-refractivity contribution in [1.29, 1.82) is 0 Å². The Morgan fingerprint density at radius 3 is 1.83 bits per heavy atom. The van der Waals surface area contributed by atoms with E-state index in [4.69, 9.17) is 11.5 Å². The van der Waals surface area contributed by atoms with Crippen LogP contribution in [0.2, 0.25) is 0 Å². The third-order valence-electron chi connectivity index (χ3n) is 2.28. The maximum atomic E-state index is 13.8. The molecule has 0 aromatic rings. The summed E-state index contributed by atoms with van der Waals surface area (Å²) >= 11 is 0. The van der Waals surface area contributed by atoms with Gasteiger partial charge in [-0.25, -0.2) is 4.39 Å². The van der Waals surface area contributed by atoms with E-state index < -0.39 is 23.0 Å². The fraction of sp³-hybridized carbons (Fsp3) is 0.875. The van der Waals surface area contributed by atoms with Gasteiger partial charge in [-0.05, 0) is 27.7 Å². The average molecular weight is 176 g/mol. The van der Waals surface area contributed by atoms with Gasteiger partial charge < -0.3 is 11.5 Å². The molecule has 0 saturated carbocycles. The molecule has 4 N–H and O–H groups in total. The van der Waals surface area contributed by atoms with Crippen LogP contribution < -0.4 is 11.5 Å². The van der Waals surface area contributed by atoms with Gasteiger partial charge in [0.1, 0.15) is 11.5 Å². The first-order chi connectivity index (χ1) is 5.10. The summed E-state index contributed by atoms with van der Waals surface area (Å²) in [5.41, 5.74) is 7.93. The molecular formula is C8H17FN2O. The molecule has 72 valence electrons. The number of alkyl halides is 1. The van der Waals surface area contributed by atoms with E-state index in [0.29, 0.717) is 0 Å². The Kier molecular flexibility index (Phi) is 2.98. The molecule has 0 aromatic carbocycles. The van der Waals surface area contributed by atoms with Gasteiger partial charge in [-0.3, -0.25) is 4.79 Å². The Balaban J connectivity index is 4.73. The standard InChI is InChI=1S/C8H17FN2O/c1-5(12)6(10)8(4,9)7(2,3)11/h6H,10-11H2,1-4H3. The van der Waals surface area contributed by atoms with E-state index >= 15 is 0 Å². The van der Waals surface area contributed by atoms with Gasteiger partial charge in [0.05, 0.1) is 6.04 Å². The largest absolute Gasteiger partial charge is 0.323 e. The topological polar surface area (TPSA) is 69.1 Å². The van der Waals surface area contributed by atoms with Crippen molar-refractivity contribution in [3.63, 3.8) is 0 Å². The second-order valence-corrected chi connectivity index (χ2v) is 3.89. The van der Waals surface area contributed by atoms with E-state index in [1.54, 1.807) is 0 Å². The second kappa shape index (κ2) is 3.11. The highest BCUT2D eigenvalue weighted by Crippen LogP contribution is 2.26. The normalized spacial score (nSPS) is 19.9. The van der Waals surface area contributed by atoms with Crippen molar-refractivity contribution in [3.05, 3.63) is 0 Å². The molecule has 0 aliphatic carbocycles. The third-order valence-corrected chi connectivity index (χ3v) is 2.28. The molecule has 0 aliphatic heterocycles. The van der Waals surface area contributed by atoms with Crippen molar-refractivity contribution in [2.45, 2.75) is 44.9 Å². The summed E-state index contributed by atoms with van der Waals surface area (Å²) in [6.45, 7) is 5.53. The second-order valence-electron chi connectivity index (χ2n) is 3.89. The highest BCUT2D eigenvalue weighted by molar-refractivity contribution is 5.82. The van der Waals surface area contributed by atoms with Gasteiger partial charge in [-0.1, -0.05) is 0 Å². The highest BCUT2D eigenvalue weighted by atomic mass is 19.1. The van der Waals surface area contributed by atoms with E-state index in [0.717, 1.165) is 0 Å². The molecule has 0 aliphatic rings. The Morgan fingerprint density at radius 2 is 1.75 bits per heavy atom. The van der Waals surface area contributed by atoms with E-state index in [9.17, 15) is 9.18 Å². The summed E-state index contributed by atoms with van der Waals surface area (Å²) in [6, 6.07) is -1.16. The fourth-order valence-electron chi connectivity index (χ4n) is 0.783. The molecule has 2 unspecified atom stereocenters. The number of rotatable bonds is 3. The number of hydrogen-bond acceptors (Lipinski definition) is 3. The number of ketones is 1. The molecule has 12 heavy (non-hydrogen) atoms. The lowest BCUT2D eigenvalue weighted by Crippen LogP contribution is -2.63. The van der Waals surface area contributed by atoms with Crippen LogP contribution in [-0.2, 0) is 4.79 Å². The zero-order valence-corrected chi connectivity index (χ0v) is 8.02. The Labute approximate surface area is 72.3 Å². The van der Waals surface area contributed by atoms with Crippen LogP contribution in [0.3, 0.4) is 0 Å². The molecule has 0 heterocycles. The molecule has 3 nitrogen and oxygen atoms in total. The number of hydrogen-bond donors (Lipinski definition) is 2. The summed E-state index contributed by atoms with van der Waals surface area (Å²) in [6.07, 6.45) is 0. The zero-order valence-electron chi connectivity index (χ0n) is 8.02. The molecule has 2 atom stereocenters. The van der Waals surface area contributed by atoms with Crippen molar-refractivity contribution in [2.75, 3.05) is 0 Å². The molecular weight excluding hydrogens is 159 g/mol. The molecule has 0 amide bonds. The lowest BCUT2D eigenvalue weighted by atomic mass is 9.80. The number of halogens is 1. The minimum Gasteiger partial charge on any atom is -0.323 e. The lowest BCUT2D eigenvalue weighted by Gasteiger charge is -2.37. The first kappa shape index (κ1) is 11.5. The lowest BCUT2D eigenvalue weighted by molar-refractivity contribution is -0.122. The average Bonchev–Trinajstić information content (AvgIpc) is 1.83. The summed E-state index contributed by atoms with van der Waals surface area (Å²) in [7, 11) is 0. The number of nitrogens with two attached hydrogens (primary N) is 2. The Hall–Kier alpha value is -0.480. The van der Waals surface area contributed by atoms with Crippen molar-refractivity contribution in [1.82, 2.24) is 0 Å². The van der Waals surface area contributed by atoms with Gasteiger partial charge in [0.15, 0.2) is 0 Å². The molecule has 4 heteroatoms. The summed E-state index contributed by atoms with van der Waals surface area (Å²) < 4.78 is 13.8. The highest BCUT2D eigenvalue weighted by Gasteiger charge is 2.45. The van der Waals surface area contributed by atoms with Gasteiger partial charge in [0.2, 0.25) is 0 Å². The van der Waals surface area contributed by atoms with E-state index in [1.165, 1.54) is 27.7 Å². The molecule has 0 fully saturated rings. The van der Waals surface area contributed by atoms with Crippen LogP contribution in [0, 0.1) is 0 Å². The van der Waals surface area contributed by atoms with Crippen LogP contribution in [-0.4, -0.2) is 23.0 Å². The fourth-order valence-corrected chi connectivity index (χ4v) is 0.783. The van der Waals surface area contributed by atoms with Crippen LogP contribution in [0.1, 0.15) is 27.7 Å². The number of carbonyl (C=O) groups is 1. The van der Waals surface area contributed by atoms with E-state index in [-0.39, 0.29) is 0 Å². The maximum Gasteiger partial charge on any atom is 0.149 e. The van der Waals surface area contributed by atoms with Crippen molar-refractivity contribution < 1.29 is 9.18 Å². The van der Waals surface area contributed by atoms with Crippen molar-refractivity contribution >= 4 is 5.78 Å². The molecule has 0 spiro atoms. The van der Waals surface area contributed by atoms with E-state index in [1.807, 2.05) is 0 Å². The number of carbonyl (C=O) groups excluding carboxylic acids is 1. The first-order valence-corrected chi connectivity index (χ1v) is 3.84. The Morgan fingerprint density at radius 1 is 1.42 bits per heavy atom. The van der Waals surface area contributed by atoms with Gasteiger partial charge in [0, 0.05) is 5.54 Å². The van der Waals surface area contributed by atoms with Crippen LogP contribution in [0.4, 0.5) is 4.39 Å². The maximum absolute atomic E-state index is 13.8. The number of Topliss-reactive ketones (excluding diaryl/α,β-unsaturated/α-hetero) is 1. The van der Waals surface area contributed by atoms with Crippen molar-refractivity contribution in [3.8, 4) is 0 Å². The molecule has 0 saturated heterocycles. The Bertz CT molecular complexity index is 184. The van der Waals surface area contributed by atoms with Gasteiger partial charge in [0.25, 0.3) is 0 Å². The minimum atomic E-state index is -1.88. The quantitative estimate of drug-likeness (QED) is 0.652. The monoisotopic (exact) mass is 176 g/mol. The van der Waals surface area contributed by atoms with Crippen LogP contribution in [0.15, 0.2) is 0 Å². The minimum absolute atomic E-state index is 0.390. The first-order valence-electron chi connectivity index (χ1n) is 3.84.